The molecular formula is C18H17F3N2O3. The Bertz CT molecular complexity index is 855. The second-order valence-corrected chi connectivity index (χ2v) is 6.12. The van der Waals surface area contributed by atoms with Gasteiger partial charge in [0.2, 0.25) is 0 Å². The minimum Gasteiger partial charge on any atom is -0.497 e. The number of aromatic nitrogens is 1. The van der Waals surface area contributed by atoms with Gasteiger partial charge in [-0.2, -0.15) is 13.2 Å². The molecule has 1 saturated carbocycles. The van der Waals surface area contributed by atoms with E-state index in [1.54, 1.807) is 36.4 Å². The first-order valence-corrected chi connectivity index (χ1v) is 8.04. The van der Waals surface area contributed by atoms with Gasteiger partial charge in [-0.25, -0.2) is 0 Å². The van der Waals surface area contributed by atoms with E-state index >= 15 is 0 Å². The van der Waals surface area contributed by atoms with Gasteiger partial charge in [-0.15, -0.1) is 0 Å². The van der Waals surface area contributed by atoms with Gasteiger partial charge in [-0.05, 0) is 42.7 Å². The number of nitrogens with zero attached hydrogens (tertiary/aromatic N) is 1. The van der Waals surface area contributed by atoms with Crippen LogP contribution < -0.4 is 10.3 Å². The number of methoxy groups -OCH3 is 1. The second kappa shape index (κ2) is 6.86. The molecule has 1 aliphatic carbocycles. The lowest BCUT2D eigenvalue weighted by molar-refractivity contribution is -0.141. The lowest BCUT2D eigenvalue weighted by atomic mass is 10.1. The van der Waals surface area contributed by atoms with Gasteiger partial charge in [-0.1, -0.05) is 12.1 Å². The number of hydrogen-bond donors (Lipinski definition) is 1. The molecule has 1 aliphatic rings. The normalized spacial score (nSPS) is 14.2. The number of amides is 1. The number of hydrogen-bond acceptors (Lipinski definition) is 3. The fourth-order valence-electron chi connectivity index (χ4n) is 2.64. The number of rotatable bonds is 5. The summed E-state index contributed by atoms with van der Waals surface area (Å²) >= 11 is 0. The van der Waals surface area contributed by atoms with Gasteiger partial charge in [-0.3, -0.25) is 9.59 Å². The van der Waals surface area contributed by atoms with Crippen molar-refractivity contribution in [1.29, 1.82) is 0 Å². The standard InChI is InChI=1S/C18H17F3N2O3/c1-26-13-6-2-11(3-7-13)10-23(12-4-5-12)17(25)14-8-9-15(18(19,20)21)22-16(14)24/h2-3,6-9,12H,4-5,10H2,1H3,(H,22,24). The minimum atomic E-state index is -4.67. The molecule has 5 nitrogen and oxygen atoms in total. The molecule has 1 aromatic carbocycles. The molecule has 2 aromatic rings. The van der Waals surface area contributed by atoms with E-state index < -0.39 is 23.3 Å². The van der Waals surface area contributed by atoms with Crippen molar-refractivity contribution in [2.24, 2.45) is 0 Å². The second-order valence-electron chi connectivity index (χ2n) is 6.12. The quantitative estimate of drug-likeness (QED) is 0.884. The first kappa shape index (κ1) is 18.0. The van der Waals surface area contributed by atoms with Crippen molar-refractivity contribution in [1.82, 2.24) is 9.88 Å². The Hall–Kier alpha value is -2.77. The van der Waals surface area contributed by atoms with Gasteiger partial charge >= 0.3 is 6.18 Å². The number of nitrogens with one attached hydrogen (secondary N) is 1. The summed E-state index contributed by atoms with van der Waals surface area (Å²) in [5, 5.41) is 0. The average Bonchev–Trinajstić information content (AvgIpc) is 3.43. The van der Waals surface area contributed by atoms with Crippen LogP contribution >= 0.6 is 0 Å². The SMILES string of the molecule is COc1ccc(CN(C(=O)c2ccc(C(F)(F)F)[nH]c2=O)C2CC2)cc1. The Labute approximate surface area is 147 Å². The highest BCUT2D eigenvalue weighted by Gasteiger charge is 2.36. The summed E-state index contributed by atoms with van der Waals surface area (Å²) in [6.07, 6.45) is -3.05. The van der Waals surface area contributed by atoms with Gasteiger partial charge < -0.3 is 14.6 Å². The third kappa shape index (κ3) is 3.89. The van der Waals surface area contributed by atoms with Crippen LogP contribution in [0.15, 0.2) is 41.2 Å². The van der Waals surface area contributed by atoms with E-state index in [0.29, 0.717) is 11.8 Å². The van der Waals surface area contributed by atoms with Crippen molar-refractivity contribution in [2.75, 3.05) is 7.11 Å². The van der Waals surface area contributed by atoms with Crippen molar-refractivity contribution in [3.63, 3.8) is 0 Å². The molecule has 1 amide bonds. The zero-order valence-corrected chi connectivity index (χ0v) is 14.0. The fourth-order valence-corrected chi connectivity index (χ4v) is 2.64. The van der Waals surface area contributed by atoms with Gasteiger partial charge in [0.25, 0.3) is 11.5 Å². The van der Waals surface area contributed by atoms with Crippen LogP contribution in [0.2, 0.25) is 0 Å². The molecule has 1 heterocycles. The zero-order valence-electron chi connectivity index (χ0n) is 14.0. The summed E-state index contributed by atoms with van der Waals surface area (Å²) in [6.45, 7) is 0.272. The van der Waals surface area contributed by atoms with Crippen LogP contribution in [0.5, 0.6) is 5.75 Å². The molecular weight excluding hydrogens is 349 g/mol. The molecule has 0 spiro atoms. The van der Waals surface area contributed by atoms with Gasteiger partial charge in [0.15, 0.2) is 0 Å². The summed E-state index contributed by atoms with van der Waals surface area (Å²) in [7, 11) is 1.55. The first-order chi connectivity index (χ1) is 12.3. The lowest BCUT2D eigenvalue weighted by Crippen LogP contribution is -2.36. The average molecular weight is 366 g/mol. The number of alkyl halides is 3. The number of pyridine rings is 1. The Morgan fingerprint density at radius 2 is 1.85 bits per heavy atom. The van der Waals surface area contributed by atoms with Crippen molar-refractivity contribution in [3.05, 3.63) is 63.6 Å². The number of H-pyrrole nitrogens is 1. The van der Waals surface area contributed by atoms with E-state index in [2.05, 4.69) is 0 Å². The van der Waals surface area contributed by atoms with Crippen molar-refractivity contribution < 1.29 is 22.7 Å². The molecule has 0 atom stereocenters. The third-order valence-electron chi connectivity index (χ3n) is 4.21. The van der Waals surface area contributed by atoms with Gasteiger partial charge in [0, 0.05) is 12.6 Å². The molecule has 0 radical (unpaired) electrons. The van der Waals surface area contributed by atoms with E-state index in [0.717, 1.165) is 24.5 Å². The van der Waals surface area contributed by atoms with E-state index in [9.17, 15) is 22.8 Å². The van der Waals surface area contributed by atoms with Crippen molar-refractivity contribution >= 4 is 5.91 Å². The van der Waals surface area contributed by atoms with Crippen LogP contribution in [0.3, 0.4) is 0 Å². The molecule has 138 valence electrons. The van der Waals surface area contributed by atoms with Gasteiger partial charge in [0.1, 0.15) is 17.0 Å². The smallest absolute Gasteiger partial charge is 0.431 e. The summed E-state index contributed by atoms with van der Waals surface area (Å²) in [5.41, 5.74) is -1.66. The Kier molecular flexibility index (Phi) is 4.76. The van der Waals surface area contributed by atoms with Crippen LogP contribution in [0.4, 0.5) is 13.2 Å². The summed E-state index contributed by atoms with van der Waals surface area (Å²) in [4.78, 5) is 28.0. The summed E-state index contributed by atoms with van der Waals surface area (Å²) in [6, 6.07) is 8.77. The molecule has 26 heavy (non-hydrogen) atoms. The molecule has 0 aliphatic heterocycles. The van der Waals surface area contributed by atoms with Crippen LogP contribution in [-0.2, 0) is 12.7 Å². The number of aromatic amines is 1. The van der Waals surface area contributed by atoms with E-state index in [1.165, 1.54) is 4.90 Å². The Morgan fingerprint density at radius 1 is 1.19 bits per heavy atom. The van der Waals surface area contributed by atoms with Crippen molar-refractivity contribution in [2.45, 2.75) is 31.6 Å². The molecule has 3 rings (SSSR count). The van der Waals surface area contributed by atoms with E-state index in [4.69, 9.17) is 4.74 Å². The topological polar surface area (TPSA) is 62.4 Å². The van der Waals surface area contributed by atoms with Crippen LogP contribution in [0.1, 0.15) is 34.5 Å². The molecule has 8 heteroatoms. The Morgan fingerprint density at radius 3 is 2.35 bits per heavy atom. The number of halogens is 3. The fraction of sp³-hybridized carbons (Fsp3) is 0.333. The molecule has 0 saturated heterocycles. The maximum atomic E-state index is 12.7. The summed E-state index contributed by atoms with van der Waals surface area (Å²) in [5.74, 6) is 0.107. The van der Waals surface area contributed by atoms with E-state index in [1.807, 2.05) is 0 Å². The maximum Gasteiger partial charge on any atom is 0.431 e. The highest BCUT2D eigenvalue weighted by molar-refractivity contribution is 5.94. The lowest BCUT2D eigenvalue weighted by Gasteiger charge is -2.22. The monoisotopic (exact) mass is 366 g/mol. The van der Waals surface area contributed by atoms with Gasteiger partial charge in [0.05, 0.1) is 7.11 Å². The highest BCUT2D eigenvalue weighted by atomic mass is 19.4. The third-order valence-corrected chi connectivity index (χ3v) is 4.21. The number of carbonyl (C=O) groups excluding carboxylic acids is 1. The molecule has 0 bridgehead atoms. The van der Waals surface area contributed by atoms with Crippen LogP contribution in [0, 0.1) is 0 Å². The Balaban J connectivity index is 1.84. The molecule has 0 unspecified atom stereocenters. The molecule has 1 aromatic heterocycles. The predicted molar refractivity (Wildman–Crippen MR) is 88.0 cm³/mol. The predicted octanol–water partition coefficient (Wildman–Crippen LogP) is 3.21. The first-order valence-electron chi connectivity index (χ1n) is 8.04. The van der Waals surface area contributed by atoms with E-state index in [-0.39, 0.29) is 18.2 Å². The highest BCUT2D eigenvalue weighted by Crippen LogP contribution is 2.30. The summed E-state index contributed by atoms with van der Waals surface area (Å²) < 4.78 is 43.1. The van der Waals surface area contributed by atoms with Crippen molar-refractivity contribution in [3.8, 4) is 5.75 Å². The number of carbonyl (C=O) groups is 1. The maximum absolute atomic E-state index is 12.7. The molecule has 1 fully saturated rings. The van der Waals surface area contributed by atoms with Crippen LogP contribution in [0.25, 0.3) is 0 Å². The number of benzene rings is 1. The largest absolute Gasteiger partial charge is 0.497 e. The molecule has 1 N–H and O–H groups in total. The zero-order chi connectivity index (χ0) is 18.9. The minimum absolute atomic E-state index is 0.00806. The number of ether oxygens (including phenoxy) is 1. The van der Waals surface area contributed by atoms with Crippen LogP contribution in [-0.4, -0.2) is 28.9 Å².